The molecule has 0 bridgehead atoms. The van der Waals surface area contributed by atoms with Gasteiger partial charge in [-0.1, -0.05) is 13.3 Å². The van der Waals surface area contributed by atoms with Crippen LogP contribution in [0.25, 0.3) is 0 Å². The lowest BCUT2D eigenvalue weighted by atomic mass is 10.2. The molecule has 1 saturated carbocycles. The summed E-state index contributed by atoms with van der Waals surface area (Å²) in [6.45, 7) is 4.96. The van der Waals surface area contributed by atoms with E-state index in [2.05, 4.69) is 12.2 Å². The van der Waals surface area contributed by atoms with E-state index in [4.69, 9.17) is 9.72 Å². The van der Waals surface area contributed by atoms with Crippen LogP contribution in [0, 0.1) is 0 Å². The van der Waals surface area contributed by atoms with Gasteiger partial charge in [-0.25, -0.2) is 4.98 Å². The lowest BCUT2D eigenvalue weighted by molar-refractivity contribution is 0.184. The van der Waals surface area contributed by atoms with Crippen molar-refractivity contribution in [2.75, 3.05) is 13.7 Å². The second-order valence-corrected chi connectivity index (χ2v) is 5.82. The molecule has 1 aliphatic rings. The first-order valence-electron chi connectivity index (χ1n) is 6.53. The Morgan fingerprint density at radius 3 is 2.94 bits per heavy atom. The molecule has 4 heteroatoms. The molecule has 0 unspecified atom stereocenters. The van der Waals surface area contributed by atoms with E-state index in [9.17, 15) is 0 Å². The minimum Gasteiger partial charge on any atom is -0.378 e. The zero-order valence-corrected chi connectivity index (χ0v) is 11.6. The number of thiazole rings is 1. The highest BCUT2D eigenvalue weighted by atomic mass is 32.1. The van der Waals surface area contributed by atoms with Crippen molar-refractivity contribution in [1.29, 1.82) is 0 Å². The minimum absolute atomic E-state index is 0.652. The Morgan fingerprint density at radius 1 is 1.47 bits per heavy atom. The number of hydrogen-bond donors (Lipinski definition) is 1. The average molecular weight is 254 g/mol. The van der Waals surface area contributed by atoms with Crippen molar-refractivity contribution in [3.8, 4) is 0 Å². The fraction of sp³-hybridized carbons (Fsp3) is 0.769. The third-order valence-corrected chi connectivity index (χ3v) is 4.04. The molecule has 1 aromatic heterocycles. The second kappa shape index (κ2) is 6.47. The van der Waals surface area contributed by atoms with Gasteiger partial charge in [0.15, 0.2) is 0 Å². The minimum atomic E-state index is 0.652. The maximum absolute atomic E-state index is 5.17. The SMILES string of the molecule is CCCCNCc1sc(COC)nc1C1CC1. The summed E-state index contributed by atoms with van der Waals surface area (Å²) in [5.41, 5.74) is 1.34. The van der Waals surface area contributed by atoms with Gasteiger partial charge in [0.2, 0.25) is 0 Å². The highest BCUT2D eigenvalue weighted by Crippen LogP contribution is 2.42. The zero-order chi connectivity index (χ0) is 12.1. The van der Waals surface area contributed by atoms with E-state index < -0.39 is 0 Å². The van der Waals surface area contributed by atoms with Crippen molar-refractivity contribution in [1.82, 2.24) is 10.3 Å². The van der Waals surface area contributed by atoms with Crippen LogP contribution in [0.5, 0.6) is 0 Å². The van der Waals surface area contributed by atoms with Crippen LogP contribution in [-0.2, 0) is 17.9 Å². The van der Waals surface area contributed by atoms with Crippen LogP contribution < -0.4 is 5.32 Å². The third kappa shape index (κ3) is 3.76. The Bertz CT molecular complexity index is 347. The lowest BCUT2D eigenvalue weighted by Gasteiger charge is -2.03. The molecule has 0 atom stereocenters. The Hall–Kier alpha value is -0.450. The van der Waals surface area contributed by atoms with Gasteiger partial charge >= 0.3 is 0 Å². The maximum Gasteiger partial charge on any atom is 0.119 e. The Kier molecular flexibility index (Phi) is 4.95. The summed E-state index contributed by atoms with van der Waals surface area (Å²) in [6.07, 6.45) is 5.14. The first-order chi connectivity index (χ1) is 8.35. The molecule has 96 valence electrons. The van der Waals surface area contributed by atoms with E-state index in [0.29, 0.717) is 6.61 Å². The van der Waals surface area contributed by atoms with Gasteiger partial charge in [-0.05, 0) is 25.8 Å². The molecule has 0 aromatic carbocycles. The predicted molar refractivity (Wildman–Crippen MR) is 71.4 cm³/mol. The van der Waals surface area contributed by atoms with Gasteiger partial charge < -0.3 is 10.1 Å². The zero-order valence-electron chi connectivity index (χ0n) is 10.8. The lowest BCUT2D eigenvalue weighted by Crippen LogP contribution is -2.14. The van der Waals surface area contributed by atoms with Crippen LogP contribution in [-0.4, -0.2) is 18.6 Å². The molecule has 0 amide bonds. The quantitative estimate of drug-likeness (QED) is 0.724. The normalized spacial score (nSPS) is 15.4. The van der Waals surface area contributed by atoms with Crippen molar-refractivity contribution in [2.45, 2.75) is 51.7 Å². The molecule has 17 heavy (non-hydrogen) atoms. The van der Waals surface area contributed by atoms with Crippen molar-refractivity contribution in [3.63, 3.8) is 0 Å². The molecular weight excluding hydrogens is 232 g/mol. The number of ether oxygens (including phenoxy) is 1. The molecule has 0 saturated heterocycles. The topological polar surface area (TPSA) is 34.1 Å². The van der Waals surface area contributed by atoms with Gasteiger partial charge in [-0.3, -0.25) is 0 Å². The highest BCUT2D eigenvalue weighted by Gasteiger charge is 2.29. The number of hydrogen-bond acceptors (Lipinski definition) is 4. The van der Waals surface area contributed by atoms with Gasteiger partial charge in [0.05, 0.1) is 12.3 Å². The van der Waals surface area contributed by atoms with Crippen LogP contribution in [0.3, 0.4) is 0 Å². The number of aromatic nitrogens is 1. The maximum atomic E-state index is 5.17. The smallest absolute Gasteiger partial charge is 0.119 e. The van der Waals surface area contributed by atoms with Crippen molar-refractivity contribution >= 4 is 11.3 Å². The molecule has 1 heterocycles. The molecule has 3 nitrogen and oxygen atoms in total. The van der Waals surface area contributed by atoms with Crippen LogP contribution >= 0.6 is 11.3 Å². The van der Waals surface area contributed by atoms with Gasteiger partial charge in [0.1, 0.15) is 5.01 Å². The number of nitrogens with one attached hydrogen (secondary N) is 1. The first-order valence-corrected chi connectivity index (χ1v) is 7.35. The van der Waals surface area contributed by atoms with E-state index in [0.717, 1.165) is 24.0 Å². The summed E-state index contributed by atoms with van der Waals surface area (Å²) in [6, 6.07) is 0. The van der Waals surface area contributed by atoms with Gasteiger partial charge in [0, 0.05) is 24.4 Å². The Balaban J connectivity index is 1.93. The molecular formula is C13H22N2OS. The molecule has 1 fully saturated rings. The monoisotopic (exact) mass is 254 g/mol. The third-order valence-electron chi connectivity index (χ3n) is 3.00. The van der Waals surface area contributed by atoms with Crippen LogP contribution in [0.15, 0.2) is 0 Å². The summed E-state index contributed by atoms with van der Waals surface area (Å²) in [7, 11) is 1.73. The molecule has 0 spiro atoms. The van der Waals surface area contributed by atoms with Gasteiger partial charge in [-0.15, -0.1) is 11.3 Å². The Morgan fingerprint density at radius 2 is 2.29 bits per heavy atom. The number of methoxy groups -OCH3 is 1. The summed E-state index contributed by atoms with van der Waals surface area (Å²) < 4.78 is 5.17. The van der Waals surface area contributed by atoms with Crippen LogP contribution in [0.1, 0.15) is 54.1 Å². The van der Waals surface area contributed by atoms with E-state index >= 15 is 0 Å². The first kappa shape index (κ1) is 13.0. The summed E-state index contributed by atoms with van der Waals surface area (Å²) in [4.78, 5) is 6.14. The van der Waals surface area contributed by atoms with Crippen molar-refractivity contribution < 1.29 is 4.74 Å². The fourth-order valence-corrected chi connectivity index (χ4v) is 3.00. The summed E-state index contributed by atoms with van der Waals surface area (Å²) in [5, 5.41) is 4.64. The van der Waals surface area contributed by atoms with Crippen molar-refractivity contribution in [3.05, 3.63) is 15.6 Å². The largest absolute Gasteiger partial charge is 0.378 e. The molecule has 0 radical (unpaired) electrons. The van der Waals surface area contributed by atoms with Gasteiger partial charge in [0.25, 0.3) is 0 Å². The van der Waals surface area contributed by atoms with Crippen LogP contribution in [0.2, 0.25) is 0 Å². The molecule has 2 rings (SSSR count). The van der Waals surface area contributed by atoms with Crippen molar-refractivity contribution in [2.24, 2.45) is 0 Å². The molecule has 1 aliphatic carbocycles. The Labute approximate surface area is 108 Å². The van der Waals surface area contributed by atoms with Crippen LogP contribution in [0.4, 0.5) is 0 Å². The van der Waals surface area contributed by atoms with E-state index in [1.54, 1.807) is 7.11 Å². The van der Waals surface area contributed by atoms with E-state index in [1.807, 2.05) is 11.3 Å². The van der Waals surface area contributed by atoms with Gasteiger partial charge in [-0.2, -0.15) is 0 Å². The number of rotatable bonds is 8. The average Bonchev–Trinajstić information content (AvgIpc) is 3.09. The molecule has 1 aromatic rings. The fourth-order valence-electron chi connectivity index (χ4n) is 1.91. The summed E-state index contributed by atoms with van der Waals surface area (Å²) >= 11 is 1.81. The van der Waals surface area contributed by atoms with E-state index in [1.165, 1.54) is 36.3 Å². The van der Waals surface area contributed by atoms with E-state index in [-0.39, 0.29) is 0 Å². The number of nitrogens with zero attached hydrogens (tertiary/aromatic N) is 1. The molecule has 1 N–H and O–H groups in total. The second-order valence-electron chi connectivity index (χ2n) is 4.65. The number of unbranched alkanes of at least 4 members (excludes halogenated alkanes) is 1. The predicted octanol–water partition coefficient (Wildman–Crippen LogP) is 3.06. The standard InChI is InChI=1S/C13H22N2OS/c1-3-4-7-14-8-11-13(10-5-6-10)15-12(17-11)9-16-2/h10,14H,3-9H2,1-2H3. The summed E-state index contributed by atoms with van der Waals surface area (Å²) in [5.74, 6) is 0.736. The molecule has 0 aliphatic heterocycles. The highest BCUT2D eigenvalue weighted by molar-refractivity contribution is 7.11.